The molecule has 0 fully saturated rings. The second-order valence-corrected chi connectivity index (χ2v) is 5.40. The SMILES string of the molecule is CCNC(C(C)CC)C(CC)(CC)N(CC)CC. The van der Waals surface area contributed by atoms with Crippen molar-refractivity contribution in [3.8, 4) is 0 Å². The first kappa shape index (κ1) is 17.9. The Morgan fingerprint density at radius 1 is 0.944 bits per heavy atom. The van der Waals surface area contributed by atoms with Crippen molar-refractivity contribution in [2.24, 2.45) is 5.92 Å². The van der Waals surface area contributed by atoms with E-state index in [1.54, 1.807) is 0 Å². The summed E-state index contributed by atoms with van der Waals surface area (Å²) in [7, 11) is 0. The van der Waals surface area contributed by atoms with Gasteiger partial charge >= 0.3 is 0 Å². The predicted octanol–water partition coefficient (Wildman–Crippen LogP) is 3.91. The lowest BCUT2D eigenvalue weighted by molar-refractivity contribution is 0.0293. The normalized spacial score (nSPS) is 16.0. The Hall–Kier alpha value is -0.0800. The number of nitrogens with one attached hydrogen (secondary N) is 1. The highest BCUT2D eigenvalue weighted by Crippen LogP contribution is 2.32. The Morgan fingerprint density at radius 2 is 1.44 bits per heavy atom. The smallest absolute Gasteiger partial charge is 0.0359 e. The minimum Gasteiger partial charge on any atom is -0.312 e. The lowest BCUT2D eigenvalue weighted by atomic mass is 9.76. The van der Waals surface area contributed by atoms with E-state index in [1.165, 1.54) is 19.3 Å². The van der Waals surface area contributed by atoms with Crippen molar-refractivity contribution < 1.29 is 0 Å². The highest BCUT2D eigenvalue weighted by Gasteiger charge is 2.41. The Balaban J connectivity index is 5.33. The van der Waals surface area contributed by atoms with Crippen LogP contribution in [0.3, 0.4) is 0 Å². The van der Waals surface area contributed by atoms with Gasteiger partial charge < -0.3 is 5.32 Å². The molecule has 0 spiro atoms. The summed E-state index contributed by atoms with van der Waals surface area (Å²) in [5.74, 6) is 0.727. The summed E-state index contributed by atoms with van der Waals surface area (Å²) >= 11 is 0. The van der Waals surface area contributed by atoms with Gasteiger partial charge in [0.15, 0.2) is 0 Å². The third kappa shape index (κ3) is 3.71. The van der Waals surface area contributed by atoms with Crippen LogP contribution >= 0.6 is 0 Å². The number of hydrogen-bond donors (Lipinski definition) is 1. The van der Waals surface area contributed by atoms with E-state index in [0.29, 0.717) is 11.6 Å². The van der Waals surface area contributed by atoms with Crippen LogP contribution in [-0.4, -0.2) is 36.1 Å². The highest BCUT2D eigenvalue weighted by molar-refractivity contribution is 5.00. The van der Waals surface area contributed by atoms with E-state index in [9.17, 15) is 0 Å². The average molecular weight is 256 g/mol. The second-order valence-electron chi connectivity index (χ2n) is 5.40. The molecule has 0 heterocycles. The van der Waals surface area contributed by atoms with Crippen molar-refractivity contribution >= 4 is 0 Å². The molecule has 0 saturated heterocycles. The standard InChI is InChI=1S/C16H36N2/c1-8-14(7)15(17-11-4)16(9-2,10-3)18(12-5)13-6/h14-15,17H,8-13H2,1-7H3. The molecule has 0 aliphatic carbocycles. The number of nitrogens with zero attached hydrogens (tertiary/aromatic N) is 1. The van der Waals surface area contributed by atoms with Crippen LogP contribution in [0.2, 0.25) is 0 Å². The van der Waals surface area contributed by atoms with Crippen LogP contribution in [0.1, 0.15) is 67.7 Å². The molecule has 2 unspecified atom stereocenters. The topological polar surface area (TPSA) is 15.3 Å². The molecule has 0 aliphatic heterocycles. The summed E-state index contributed by atoms with van der Waals surface area (Å²) < 4.78 is 0. The van der Waals surface area contributed by atoms with Crippen molar-refractivity contribution in [3.63, 3.8) is 0 Å². The minimum absolute atomic E-state index is 0.314. The molecule has 0 rings (SSSR count). The number of hydrogen-bond acceptors (Lipinski definition) is 2. The molecular formula is C16H36N2. The largest absolute Gasteiger partial charge is 0.312 e. The van der Waals surface area contributed by atoms with E-state index in [4.69, 9.17) is 0 Å². The van der Waals surface area contributed by atoms with Gasteiger partial charge in [-0.25, -0.2) is 0 Å². The molecule has 2 heteroatoms. The van der Waals surface area contributed by atoms with E-state index < -0.39 is 0 Å². The summed E-state index contributed by atoms with van der Waals surface area (Å²) in [6.07, 6.45) is 3.71. The van der Waals surface area contributed by atoms with Gasteiger partial charge in [-0.05, 0) is 38.4 Å². The number of rotatable bonds is 10. The molecule has 0 aliphatic rings. The predicted molar refractivity (Wildman–Crippen MR) is 83.2 cm³/mol. The summed E-state index contributed by atoms with van der Waals surface area (Å²) in [6, 6.07) is 0.599. The third-order valence-corrected chi connectivity index (χ3v) is 4.83. The molecule has 2 nitrogen and oxygen atoms in total. The fourth-order valence-corrected chi connectivity index (χ4v) is 3.56. The quantitative estimate of drug-likeness (QED) is 0.637. The van der Waals surface area contributed by atoms with Crippen molar-refractivity contribution in [1.29, 1.82) is 0 Å². The summed E-state index contributed by atoms with van der Waals surface area (Å²) in [5, 5.41) is 3.78. The maximum Gasteiger partial charge on any atom is 0.0359 e. The van der Waals surface area contributed by atoms with Gasteiger partial charge in [0.1, 0.15) is 0 Å². The van der Waals surface area contributed by atoms with Gasteiger partial charge in [-0.2, -0.15) is 0 Å². The summed E-state index contributed by atoms with van der Waals surface area (Å²) in [4.78, 5) is 2.67. The molecule has 0 radical (unpaired) electrons. The second kappa shape index (κ2) is 8.92. The van der Waals surface area contributed by atoms with Crippen LogP contribution in [0.25, 0.3) is 0 Å². The zero-order valence-corrected chi connectivity index (χ0v) is 13.8. The molecule has 1 N–H and O–H groups in total. The monoisotopic (exact) mass is 256 g/mol. The first-order valence-corrected chi connectivity index (χ1v) is 8.06. The van der Waals surface area contributed by atoms with Gasteiger partial charge in [0.2, 0.25) is 0 Å². The van der Waals surface area contributed by atoms with Crippen LogP contribution < -0.4 is 5.32 Å². The fraction of sp³-hybridized carbons (Fsp3) is 1.00. The molecule has 2 atom stereocenters. The van der Waals surface area contributed by atoms with Gasteiger partial charge in [-0.1, -0.05) is 54.9 Å². The molecule has 0 saturated carbocycles. The molecule has 0 aromatic carbocycles. The zero-order chi connectivity index (χ0) is 14.2. The molecule has 18 heavy (non-hydrogen) atoms. The highest BCUT2D eigenvalue weighted by atomic mass is 15.2. The Morgan fingerprint density at radius 3 is 1.72 bits per heavy atom. The maximum atomic E-state index is 3.78. The number of likely N-dealkylation sites (N-methyl/N-ethyl adjacent to an activating group) is 2. The van der Waals surface area contributed by atoms with Gasteiger partial charge in [-0.15, -0.1) is 0 Å². The maximum absolute atomic E-state index is 3.78. The third-order valence-electron chi connectivity index (χ3n) is 4.83. The molecule has 0 bridgehead atoms. The van der Waals surface area contributed by atoms with Gasteiger partial charge in [0.25, 0.3) is 0 Å². The van der Waals surface area contributed by atoms with Crippen molar-refractivity contribution in [3.05, 3.63) is 0 Å². The Bertz CT molecular complexity index is 195. The molecule has 110 valence electrons. The van der Waals surface area contributed by atoms with Crippen LogP contribution in [0.4, 0.5) is 0 Å². The molecular weight excluding hydrogens is 220 g/mol. The van der Waals surface area contributed by atoms with Crippen LogP contribution in [0, 0.1) is 5.92 Å². The summed E-state index contributed by atoms with van der Waals surface area (Å²) in [6.45, 7) is 19.6. The summed E-state index contributed by atoms with van der Waals surface area (Å²) in [5.41, 5.74) is 0.314. The van der Waals surface area contributed by atoms with Gasteiger partial charge in [0, 0.05) is 11.6 Å². The molecule has 0 aromatic heterocycles. The Kier molecular flexibility index (Phi) is 8.89. The van der Waals surface area contributed by atoms with Crippen LogP contribution in [0.15, 0.2) is 0 Å². The molecule has 0 amide bonds. The fourth-order valence-electron chi connectivity index (χ4n) is 3.56. The van der Waals surface area contributed by atoms with E-state index in [2.05, 4.69) is 58.7 Å². The first-order valence-electron chi connectivity index (χ1n) is 8.06. The average Bonchev–Trinajstić information content (AvgIpc) is 2.42. The lowest BCUT2D eigenvalue weighted by Crippen LogP contribution is -2.63. The molecule has 0 aromatic rings. The van der Waals surface area contributed by atoms with Crippen molar-refractivity contribution in [2.75, 3.05) is 19.6 Å². The van der Waals surface area contributed by atoms with Crippen molar-refractivity contribution in [1.82, 2.24) is 10.2 Å². The van der Waals surface area contributed by atoms with Crippen molar-refractivity contribution in [2.45, 2.75) is 79.3 Å². The minimum atomic E-state index is 0.314. The van der Waals surface area contributed by atoms with E-state index in [1.807, 2.05) is 0 Å². The van der Waals surface area contributed by atoms with Crippen LogP contribution in [0.5, 0.6) is 0 Å². The Labute approximate surface area is 116 Å². The lowest BCUT2D eigenvalue weighted by Gasteiger charge is -2.50. The first-order chi connectivity index (χ1) is 8.57. The van der Waals surface area contributed by atoms with Crippen LogP contribution in [-0.2, 0) is 0 Å². The van der Waals surface area contributed by atoms with E-state index in [-0.39, 0.29) is 0 Å². The van der Waals surface area contributed by atoms with E-state index >= 15 is 0 Å². The van der Waals surface area contributed by atoms with Gasteiger partial charge in [-0.3, -0.25) is 4.90 Å². The van der Waals surface area contributed by atoms with Gasteiger partial charge in [0.05, 0.1) is 0 Å². The zero-order valence-electron chi connectivity index (χ0n) is 13.8. The van der Waals surface area contributed by atoms with E-state index in [0.717, 1.165) is 25.6 Å².